The lowest BCUT2D eigenvalue weighted by Crippen LogP contribution is -2.45. The van der Waals surface area contributed by atoms with E-state index in [-0.39, 0.29) is 0 Å². The lowest BCUT2D eigenvalue weighted by molar-refractivity contribution is 0.123. The van der Waals surface area contributed by atoms with Gasteiger partial charge in [0.1, 0.15) is 11.5 Å². The van der Waals surface area contributed by atoms with Gasteiger partial charge in [0.25, 0.3) is 0 Å². The summed E-state index contributed by atoms with van der Waals surface area (Å²) in [5.74, 6) is 0.907. The molecule has 0 amide bonds. The van der Waals surface area contributed by atoms with Crippen molar-refractivity contribution in [1.82, 2.24) is 9.80 Å². The molecule has 2 aromatic carbocycles. The summed E-state index contributed by atoms with van der Waals surface area (Å²) in [4.78, 5) is 5.16. The number of rotatable bonds is 5. The van der Waals surface area contributed by atoms with E-state index in [1.165, 1.54) is 36.8 Å². The first-order valence-corrected chi connectivity index (χ1v) is 11.4. The summed E-state index contributed by atoms with van der Waals surface area (Å²) < 4.78 is 0. The molecular formula is C26H36N2O2. The van der Waals surface area contributed by atoms with Crippen molar-refractivity contribution in [1.29, 1.82) is 0 Å². The number of likely N-dealkylation sites (tertiary alicyclic amines) is 2. The SMILES string of the molecule is Cc1cc(C)c(O)c(CN2CCC[C@H]2[C@@H]2CCCN2Cc2cc(C)cc(C)c2O)c1. The molecule has 0 spiro atoms. The maximum Gasteiger partial charge on any atom is 0.122 e. The van der Waals surface area contributed by atoms with Crippen LogP contribution in [0, 0.1) is 27.7 Å². The molecule has 0 aromatic heterocycles. The van der Waals surface area contributed by atoms with Crippen LogP contribution in [0.4, 0.5) is 0 Å². The summed E-state index contributed by atoms with van der Waals surface area (Å²) in [6.07, 6.45) is 4.86. The van der Waals surface area contributed by atoms with Gasteiger partial charge in [-0.15, -0.1) is 0 Å². The van der Waals surface area contributed by atoms with Crippen molar-refractivity contribution < 1.29 is 10.2 Å². The van der Waals surface area contributed by atoms with Crippen LogP contribution >= 0.6 is 0 Å². The molecule has 0 saturated carbocycles. The number of aromatic hydroxyl groups is 2. The minimum Gasteiger partial charge on any atom is -0.507 e. The topological polar surface area (TPSA) is 46.9 Å². The molecule has 0 radical (unpaired) electrons. The van der Waals surface area contributed by atoms with Gasteiger partial charge in [-0.05, 0) is 77.6 Å². The van der Waals surface area contributed by atoms with Crippen molar-refractivity contribution in [3.63, 3.8) is 0 Å². The standard InChI is InChI=1S/C26H36N2O2/c1-17-11-19(3)25(29)21(13-17)15-27-9-5-7-23(27)24-8-6-10-28(24)16-22-14-18(2)12-20(4)26(22)30/h11-14,23-24,29-30H,5-10,15-16H2,1-4H3/t23-,24-/m0/s1. The maximum atomic E-state index is 10.6. The van der Waals surface area contributed by atoms with E-state index in [2.05, 4.69) is 47.9 Å². The van der Waals surface area contributed by atoms with Gasteiger partial charge < -0.3 is 10.2 Å². The average molecular weight is 409 g/mol. The minimum atomic E-state index is 0.453. The van der Waals surface area contributed by atoms with Crippen LogP contribution in [0.25, 0.3) is 0 Å². The van der Waals surface area contributed by atoms with E-state index in [0.29, 0.717) is 23.6 Å². The molecule has 0 aliphatic carbocycles. The Morgan fingerprint density at radius 1 is 0.700 bits per heavy atom. The molecule has 30 heavy (non-hydrogen) atoms. The quantitative estimate of drug-likeness (QED) is 0.734. The number of phenolic OH excluding ortho intramolecular Hbond substituents is 2. The zero-order valence-electron chi connectivity index (χ0n) is 18.9. The Kier molecular flexibility index (Phi) is 6.08. The lowest BCUT2D eigenvalue weighted by atomic mass is 10.00. The summed E-state index contributed by atoms with van der Waals surface area (Å²) in [6, 6.07) is 9.40. The van der Waals surface area contributed by atoms with Gasteiger partial charge >= 0.3 is 0 Å². The smallest absolute Gasteiger partial charge is 0.122 e. The normalized spacial score (nSPS) is 22.8. The van der Waals surface area contributed by atoms with E-state index in [4.69, 9.17) is 0 Å². The molecule has 2 aliphatic rings. The fourth-order valence-electron chi connectivity index (χ4n) is 5.74. The van der Waals surface area contributed by atoms with Crippen molar-refractivity contribution in [3.05, 3.63) is 57.6 Å². The van der Waals surface area contributed by atoms with Gasteiger partial charge in [-0.25, -0.2) is 0 Å². The summed E-state index contributed by atoms with van der Waals surface area (Å²) in [5, 5.41) is 21.2. The highest BCUT2D eigenvalue weighted by Crippen LogP contribution is 2.35. The number of hydrogen-bond acceptors (Lipinski definition) is 4. The molecule has 2 atom stereocenters. The molecule has 4 nitrogen and oxygen atoms in total. The maximum absolute atomic E-state index is 10.6. The first-order chi connectivity index (χ1) is 14.3. The predicted molar refractivity (Wildman–Crippen MR) is 122 cm³/mol. The summed E-state index contributed by atoms with van der Waals surface area (Å²) in [7, 11) is 0. The molecule has 2 N–H and O–H groups in total. The van der Waals surface area contributed by atoms with Crippen LogP contribution in [0.5, 0.6) is 11.5 Å². The molecule has 2 aliphatic heterocycles. The van der Waals surface area contributed by atoms with Gasteiger partial charge in [-0.1, -0.05) is 35.4 Å². The highest BCUT2D eigenvalue weighted by Gasteiger charge is 2.38. The van der Waals surface area contributed by atoms with Crippen LogP contribution in [0.2, 0.25) is 0 Å². The number of hydrogen-bond donors (Lipinski definition) is 2. The van der Waals surface area contributed by atoms with Crippen molar-refractivity contribution in [2.24, 2.45) is 0 Å². The fourth-order valence-corrected chi connectivity index (χ4v) is 5.74. The summed E-state index contributed by atoms with van der Waals surface area (Å²) in [5.41, 5.74) is 6.46. The van der Waals surface area contributed by atoms with E-state index in [0.717, 1.165) is 48.4 Å². The number of nitrogens with zero attached hydrogens (tertiary/aromatic N) is 2. The Morgan fingerprint density at radius 3 is 1.50 bits per heavy atom. The number of phenols is 2. The van der Waals surface area contributed by atoms with Crippen molar-refractivity contribution in [3.8, 4) is 11.5 Å². The Labute approximate surface area is 181 Å². The van der Waals surface area contributed by atoms with Crippen molar-refractivity contribution in [2.75, 3.05) is 13.1 Å². The molecule has 2 aromatic rings. The fraction of sp³-hybridized carbons (Fsp3) is 0.538. The van der Waals surface area contributed by atoms with Gasteiger partial charge in [-0.3, -0.25) is 9.80 Å². The van der Waals surface area contributed by atoms with Crippen LogP contribution < -0.4 is 0 Å². The molecule has 2 saturated heterocycles. The second-order valence-electron chi connectivity index (χ2n) is 9.54. The minimum absolute atomic E-state index is 0.453. The molecule has 0 bridgehead atoms. The second kappa shape index (κ2) is 8.60. The highest BCUT2D eigenvalue weighted by molar-refractivity contribution is 5.43. The monoisotopic (exact) mass is 408 g/mol. The zero-order chi connectivity index (χ0) is 21.4. The summed E-state index contributed by atoms with van der Waals surface area (Å²) in [6.45, 7) is 12.0. The van der Waals surface area contributed by atoms with E-state index in [1.54, 1.807) is 0 Å². The van der Waals surface area contributed by atoms with E-state index in [1.807, 2.05) is 13.8 Å². The Hall–Kier alpha value is -2.04. The zero-order valence-corrected chi connectivity index (χ0v) is 18.9. The number of benzene rings is 2. The van der Waals surface area contributed by atoms with Gasteiger partial charge in [0, 0.05) is 36.3 Å². The predicted octanol–water partition coefficient (Wildman–Crippen LogP) is 4.96. The highest BCUT2D eigenvalue weighted by atomic mass is 16.3. The van der Waals surface area contributed by atoms with Crippen molar-refractivity contribution in [2.45, 2.75) is 78.6 Å². The summed E-state index contributed by atoms with van der Waals surface area (Å²) >= 11 is 0. The van der Waals surface area contributed by atoms with E-state index < -0.39 is 0 Å². The Bertz CT molecular complexity index is 848. The van der Waals surface area contributed by atoms with Gasteiger partial charge in [0.2, 0.25) is 0 Å². The van der Waals surface area contributed by atoms with Crippen LogP contribution in [0.1, 0.15) is 59.1 Å². The van der Waals surface area contributed by atoms with E-state index >= 15 is 0 Å². The molecular weight excluding hydrogens is 372 g/mol. The van der Waals surface area contributed by atoms with Gasteiger partial charge in [0.15, 0.2) is 0 Å². The Morgan fingerprint density at radius 2 is 1.10 bits per heavy atom. The molecule has 162 valence electrons. The van der Waals surface area contributed by atoms with Gasteiger partial charge in [-0.2, -0.15) is 0 Å². The molecule has 2 heterocycles. The molecule has 4 heteroatoms. The third-order valence-electron chi connectivity index (χ3n) is 7.07. The van der Waals surface area contributed by atoms with Crippen molar-refractivity contribution >= 4 is 0 Å². The average Bonchev–Trinajstić information content (AvgIpc) is 3.32. The third-order valence-corrected chi connectivity index (χ3v) is 7.07. The molecule has 2 fully saturated rings. The second-order valence-corrected chi connectivity index (χ2v) is 9.54. The first kappa shape index (κ1) is 21.2. The molecule has 0 unspecified atom stereocenters. The van der Waals surface area contributed by atoms with Crippen LogP contribution in [-0.2, 0) is 13.1 Å². The lowest BCUT2D eigenvalue weighted by Gasteiger charge is -2.35. The molecule has 4 rings (SSSR count). The Balaban J connectivity index is 1.52. The third kappa shape index (κ3) is 4.21. The van der Waals surface area contributed by atoms with Gasteiger partial charge in [0.05, 0.1) is 0 Å². The van der Waals surface area contributed by atoms with Crippen LogP contribution in [-0.4, -0.2) is 45.2 Å². The van der Waals surface area contributed by atoms with E-state index in [9.17, 15) is 10.2 Å². The largest absolute Gasteiger partial charge is 0.507 e. The first-order valence-electron chi connectivity index (χ1n) is 11.4. The van der Waals surface area contributed by atoms with Crippen LogP contribution in [0.3, 0.4) is 0 Å². The van der Waals surface area contributed by atoms with Crippen LogP contribution in [0.15, 0.2) is 24.3 Å². The number of aryl methyl sites for hydroxylation is 4.